The lowest BCUT2D eigenvalue weighted by Crippen LogP contribution is -2.85. The van der Waals surface area contributed by atoms with Gasteiger partial charge in [-0.25, -0.2) is 4.79 Å². The van der Waals surface area contributed by atoms with Gasteiger partial charge in [-0.2, -0.15) is 8.42 Å². The van der Waals surface area contributed by atoms with Crippen molar-refractivity contribution in [1.29, 1.82) is 0 Å². The van der Waals surface area contributed by atoms with E-state index in [1.54, 1.807) is 41.1 Å². The number of esters is 1. The third-order valence-corrected chi connectivity index (χ3v) is 18.2. The van der Waals surface area contributed by atoms with Crippen LogP contribution in [0.5, 0.6) is 23.0 Å². The maximum Gasteiger partial charge on any atom is 0.394 e. The van der Waals surface area contributed by atoms with Gasteiger partial charge in [0.15, 0.2) is 6.10 Å². The number of benzene rings is 2. The van der Waals surface area contributed by atoms with E-state index in [0.29, 0.717) is 56.7 Å². The fourth-order valence-corrected chi connectivity index (χ4v) is 14.9. The first-order valence-corrected chi connectivity index (χ1v) is 25.1. The number of piperidine rings is 2. The van der Waals surface area contributed by atoms with E-state index in [1.807, 2.05) is 37.3 Å². The molecule has 7 fully saturated rings. The summed E-state index contributed by atoms with van der Waals surface area (Å²) in [5.41, 5.74) is -6.70. The average molecular weight is 974 g/mol. The van der Waals surface area contributed by atoms with Gasteiger partial charge in [0.2, 0.25) is 5.79 Å². The summed E-state index contributed by atoms with van der Waals surface area (Å²) >= 11 is 0. The third kappa shape index (κ3) is 6.99. The Hall–Kier alpha value is -3.60. The van der Waals surface area contributed by atoms with Crippen molar-refractivity contribution in [3.63, 3.8) is 0 Å². The molecule has 19 heteroatoms. The van der Waals surface area contributed by atoms with Crippen LogP contribution in [-0.4, -0.2) is 145 Å². The molecule has 2 aromatic carbocycles. The van der Waals surface area contributed by atoms with Crippen LogP contribution in [0.4, 0.5) is 0 Å². The molecule has 0 radical (unpaired) electrons. The summed E-state index contributed by atoms with van der Waals surface area (Å²) in [6, 6.07) is 11.5. The summed E-state index contributed by atoms with van der Waals surface area (Å²) in [6.45, 7) is 10.7. The highest BCUT2D eigenvalue weighted by molar-refractivity contribution is 7.79. The molecule has 0 aromatic heterocycles. The molecule has 8 N–H and O–H groups in total. The number of carbonyl (C=O) groups is 1. The first-order chi connectivity index (χ1) is 31.8. The molecule has 376 valence electrons. The van der Waals surface area contributed by atoms with Crippen LogP contribution in [0, 0.1) is 29.1 Å². The predicted molar refractivity (Wildman–Crippen MR) is 241 cm³/mol. The smallest absolute Gasteiger partial charge is 0.394 e. The maximum atomic E-state index is 12.9. The summed E-state index contributed by atoms with van der Waals surface area (Å²) in [5, 5.41) is 73.9. The van der Waals surface area contributed by atoms with Crippen molar-refractivity contribution in [2.24, 2.45) is 29.1 Å². The van der Waals surface area contributed by atoms with Crippen LogP contribution >= 0.6 is 0 Å². The minimum atomic E-state index is -4.67. The summed E-state index contributed by atoms with van der Waals surface area (Å²) in [5.74, 6) is -0.484. The predicted octanol–water partition coefficient (Wildman–Crippen LogP) is 3.65. The Kier molecular flexibility index (Phi) is 12.0. The second kappa shape index (κ2) is 16.5. The fraction of sp³-hybridized carbons (Fsp3) is 0.694. The molecule has 4 bridgehead atoms. The minimum Gasteiger partial charge on any atom is -0.497 e. The lowest BCUT2D eigenvalue weighted by atomic mass is 9.49. The Bertz CT molecular complexity index is 2460. The monoisotopic (exact) mass is 973 g/mol. The van der Waals surface area contributed by atoms with Gasteiger partial charge in [-0.15, -0.1) is 0 Å². The van der Waals surface area contributed by atoms with Crippen LogP contribution in [-0.2, 0) is 24.7 Å². The van der Waals surface area contributed by atoms with Crippen molar-refractivity contribution in [1.82, 2.24) is 4.90 Å². The van der Waals surface area contributed by atoms with E-state index in [4.69, 9.17) is 45.9 Å². The standard InChI is InChI=1S/C32H49NO9.C17H16O4.H2O4S/c1-6-18(3)25(35)41-24-11-12-26(4)19-8-9-20-28(37)13-23(34)31(39)21(29(28,38)16-30(20,26)42-32(19,24)40)15-33-14-17(2)7-10-22(33)27(31,5)36;1-18-10-4-6-13-15(7-10)20-9-14-12-5-3-11(19-2)8-16(12)21-17(13)14;1-5(2,3)4/h6,17,19-24,34,36-40H,7-16H2,1-5H3;3-8,14,17H,9H2,1-2H3;(H2,1,2,3,4). The van der Waals surface area contributed by atoms with Crippen LogP contribution in [0.25, 0.3) is 0 Å². The first-order valence-electron chi connectivity index (χ1n) is 23.7. The number of hydrogen-bond acceptors (Lipinski definition) is 16. The largest absolute Gasteiger partial charge is 0.497 e. The molecule has 9 aliphatic rings. The molecule has 5 heterocycles. The van der Waals surface area contributed by atoms with Gasteiger partial charge >= 0.3 is 16.4 Å². The lowest BCUT2D eigenvalue weighted by Gasteiger charge is -2.68. The van der Waals surface area contributed by atoms with Crippen molar-refractivity contribution < 1.29 is 81.4 Å². The molecule has 2 aromatic rings. The highest BCUT2D eigenvalue weighted by Gasteiger charge is 2.89. The second-order valence-corrected chi connectivity index (χ2v) is 22.3. The van der Waals surface area contributed by atoms with Crippen molar-refractivity contribution in [2.75, 3.05) is 33.9 Å². The SMILES string of the molecule is CC=C(C)C(=O)OC1CCC2(C)C3CCC4C5(O)CC(O)C6(O)C(CN7CC(C)CCC7C6(C)O)C5(O)CC42OC13O.COc1ccc2c(c1)OC1c3ccc(OC)cc3OCC21.O=S(=O)(O)O. The van der Waals surface area contributed by atoms with Gasteiger partial charge in [-0.05, 0) is 83.4 Å². The van der Waals surface area contributed by atoms with Gasteiger partial charge in [0.1, 0.15) is 51.5 Å². The molecule has 5 aliphatic heterocycles. The van der Waals surface area contributed by atoms with Gasteiger partial charge in [0, 0.05) is 84.0 Å². The van der Waals surface area contributed by atoms with E-state index in [9.17, 15) is 35.4 Å². The van der Waals surface area contributed by atoms with Crippen LogP contribution in [0.1, 0.15) is 109 Å². The van der Waals surface area contributed by atoms with Crippen LogP contribution < -0.4 is 18.9 Å². The number of hydrogen-bond donors (Lipinski definition) is 8. The third-order valence-electron chi connectivity index (χ3n) is 18.2. The van der Waals surface area contributed by atoms with Gasteiger partial charge in [0.25, 0.3) is 0 Å². The number of ether oxygens (including phenoxy) is 6. The average Bonchev–Trinajstić information content (AvgIpc) is 3.73. The number of allylic oxidation sites excluding steroid dienone is 1. The quantitative estimate of drug-likeness (QED) is 0.123. The van der Waals surface area contributed by atoms with Crippen molar-refractivity contribution >= 4 is 16.4 Å². The molecule has 3 saturated heterocycles. The van der Waals surface area contributed by atoms with E-state index >= 15 is 0 Å². The van der Waals surface area contributed by atoms with Crippen LogP contribution in [0.15, 0.2) is 48.0 Å². The van der Waals surface area contributed by atoms with Crippen LogP contribution in [0.3, 0.4) is 0 Å². The number of rotatable bonds is 4. The summed E-state index contributed by atoms with van der Waals surface area (Å²) in [6.07, 6.45) is 2.30. The van der Waals surface area contributed by atoms with E-state index in [0.717, 1.165) is 35.0 Å². The lowest BCUT2D eigenvalue weighted by molar-refractivity contribution is -0.354. The second-order valence-electron chi connectivity index (χ2n) is 21.4. The minimum absolute atomic E-state index is 0.00163. The Morgan fingerprint density at radius 1 is 0.853 bits per heavy atom. The zero-order chi connectivity index (χ0) is 49.4. The Morgan fingerprint density at radius 3 is 2.13 bits per heavy atom. The first kappa shape index (κ1) is 49.4. The number of fused-ring (bicyclic) bond motifs is 10. The van der Waals surface area contributed by atoms with E-state index in [-0.39, 0.29) is 37.5 Å². The molecule has 11 rings (SSSR count). The zero-order valence-corrected chi connectivity index (χ0v) is 40.4. The summed E-state index contributed by atoms with van der Waals surface area (Å²) < 4.78 is 66.8. The molecular formula is C49H67NO17S. The molecular weight excluding hydrogens is 907 g/mol. The molecule has 16 atom stereocenters. The number of nitrogens with zero attached hydrogens (tertiary/aromatic N) is 1. The van der Waals surface area contributed by atoms with E-state index in [2.05, 4.69) is 17.9 Å². The van der Waals surface area contributed by atoms with Gasteiger partial charge in [0.05, 0.1) is 38.4 Å². The Balaban J connectivity index is 0.000000184. The number of methoxy groups -OCH3 is 2. The number of aliphatic hydroxyl groups excluding tert-OH is 1. The maximum absolute atomic E-state index is 12.9. The topological polar surface area (TPSA) is 272 Å². The molecule has 1 spiro atoms. The van der Waals surface area contributed by atoms with E-state index in [1.165, 1.54) is 5.56 Å². The fourth-order valence-electron chi connectivity index (χ4n) is 14.9. The summed E-state index contributed by atoms with van der Waals surface area (Å²) in [7, 11) is -1.35. The summed E-state index contributed by atoms with van der Waals surface area (Å²) in [4.78, 5) is 14.9. The van der Waals surface area contributed by atoms with E-state index < -0.39 is 85.5 Å². The molecule has 68 heavy (non-hydrogen) atoms. The van der Waals surface area contributed by atoms with Gasteiger partial charge < -0.3 is 59.1 Å². The number of aliphatic hydroxyl groups is 6. The van der Waals surface area contributed by atoms with Crippen LogP contribution in [0.2, 0.25) is 0 Å². The number of carbonyl (C=O) groups excluding carboxylic acids is 1. The Morgan fingerprint density at radius 2 is 1.49 bits per heavy atom. The highest BCUT2D eigenvalue weighted by atomic mass is 32.3. The Labute approximate surface area is 396 Å². The highest BCUT2D eigenvalue weighted by Crippen LogP contribution is 2.78. The van der Waals surface area contributed by atoms with Crippen molar-refractivity contribution in [3.8, 4) is 23.0 Å². The van der Waals surface area contributed by atoms with Crippen molar-refractivity contribution in [2.45, 2.75) is 150 Å². The zero-order valence-electron chi connectivity index (χ0n) is 39.6. The molecule has 4 aliphatic carbocycles. The molecule has 16 unspecified atom stereocenters. The molecule has 18 nitrogen and oxygen atoms in total. The van der Waals surface area contributed by atoms with Crippen molar-refractivity contribution in [3.05, 3.63) is 59.2 Å². The molecule has 4 saturated carbocycles. The van der Waals surface area contributed by atoms with Gasteiger partial charge in [-0.1, -0.05) is 26.0 Å². The van der Waals surface area contributed by atoms with Gasteiger partial charge in [-0.3, -0.25) is 14.0 Å². The molecule has 0 amide bonds. The normalized spacial score (nSPS) is 44.7.